The average Bonchev–Trinajstić information content (AvgIpc) is 1.98. The van der Waals surface area contributed by atoms with E-state index >= 15 is 0 Å². The van der Waals surface area contributed by atoms with Crippen molar-refractivity contribution in [3.05, 3.63) is 0 Å². The van der Waals surface area contributed by atoms with Crippen molar-refractivity contribution in [1.82, 2.24) is 5.32 Å². The molecule has 0 saturated heterocycles. The van der Waals surface area contributed by atoms with E-state index in [1.54, 1.807) is 6.92 Å². The van der Waals surface area contributed by atoms with Gasteiger partial charge in [-0.3, -0.25) is 0 Å². The minimum Gasteiger partial charge on any atom is -0.396 e. The molecule has 11 heavy (non-hydrogen) atoms. The quantitative estimate of drug-likeness (QED) is 0.636. The van der Waals surface area contributed by atoms with Gasteiger partial charge in [-0.15, -0.1) is 0 Å². The molecular formula is C7H15F2NO. The maximum Gasteiger partial charge on any atom is 0.250 e. The van der Waals surface area contributed by atoms with E-state index in [1.807, 2.05) is 6.92 Å². The lowest BCUT2D eigenvalue weighted by molar-refractivity contribution is 0.131. The van der Waals surface area contributed by atoms with Crippen molar-refractivity contribution in [2.45, 2.75) is 26.3 Å². The fourth-order valence-electron chi connectivity index (χ4n) is 0.634. The molecule has 0 aliphatic carbocycles. The average molecular weight is 167 g/mol. The molecule has 2 unspecified atom stereocenters. The lowest BCUT2D eigenvalue weighted by Gasteiger charge is -2.18. The Morgan fingerprint density at radius 1 is 1.36 bits per heavy atom. The van der Waals surface area contributed by atoms with Crippen molar-refractivity contribution in [2.24, 2.45) is 5.92 Å². The molecular weight excluding hydrogens is 152 g/mol. The minimum absolute atomic E-state index is 0.0220. The number of halogens is 2. The molecule has 0 aromatic heterocycles. The van der Waals surface area contributed by atoms with Gasteiger partial charge in [0, 0.05) is 12.6 Å². The molecule has 0 spiro atoms. The highest BCUT2D eigenvalue weighted by atomic mass is 19.3. The Balaban J connectivity index is 3.43. The molecule has 0 amide bonds. The second-order valence-electron chi connectivity index (χ2n) is 2.75. The molecule has 68 valence electrons. The van der Waals surface area contributed by atoms with E-state index in [1.165, 1.54) is 0 Å². The summed E-state index contributed by atoms with van der Waals surface area (Å²) in [4.78, 5) is 0. The van der Waals surface area contributed by atoms with Gasteiger partial charge in [0.2, 0.25) is 0 Å². The zero-order valence-corrected chi connectivity index (χ0v) is 6.85. The highest BCUT2D eigenvalue weighted by molar-refractivity contribution is 4.67. The molecule has 4 heteroatoms. The van der Waals surface area contributed by atoms with Crippen LogP contribution in [-0.4, -0.2) is 30.7 Å². The van der Waals surface area contributed by atoms with E-state index in [9.17, 15) is 8.78 Å². The standard InChI is InChI=1S/C7H15F2NO/c1-5(4-11)6(2)10-3-7(8)9/h5-7,10-11H,3-4H2,1-2H3. The van der Waals surface area contributed by atoms with E-state index in [0.717, 1.165) is 0 Å². The summed E-state index contributed by atoms with van der Waals surface area (Å²) in [6.07, 6.45) is -2.32. The molecule has 0 bridgehead atoms. The van der Waals surface area contributed by atoms with Crippen LogP contribution in [0.1, 0.15) is 13.8 Å². The number of hydrogen-bond acceptors (Lipinski definition) is 2. The lowest BCUT2D eigenvalue weighted by Crippen LogP contribution is -2.36. The van der Waals surface area contributed by atoms with Crippen molar-refractivity contribution in [3.8, 4) is 0 Å². The van der Waals surface area contributed by atoms with E-state index in [2.05, 4.69) is 5.32 Å². The van der Waals surface area contributed by atoms with Crippen LogP contribution in [0.15, 0.2) is 0 Å². The fourth-order valence-corrected chi connectivity index (χ4v) is 0.634. The number of aliphatic hydroxyl groups is 1. The monoisotopic (exact) mass is 167 g/mol. The van der Waals surface area contributed by atoms with Gasteiger partial charge >= 0.3 is 0 Å². The maximum atomic E-state index is 11.6. The van der Waals surface area contributed by atoms with Crippen LogP contribution in [-0.2, 0) is 0 Å². The summed E-state index contributed by atoms with van der Waals surface area (Å²) in [7, 11) is 0. The molecule has 0 aliphatic rings. The van der Waals surface area contributed by atoms with Gasteiger partial charge in [-0.25, -0.2) is 8.78 Å². The topological polar surface area (TPSA) is 32.3 Å². The van der Waals surface area contributed by atoms with E-state index in [0.29, 0.717) is 0 Å². The fraction of sp³-hybridized carbons (Fsp3) is 1.00. The van der Waals surface area contributed by atoms with Crippen molar-refractivity contribution in [3.63, 3.8) is 0 Å². The minimum atomic E-state index is -2.32. The van der Waals surface area contributed by atoms with Crippen LogP contribution in [0.2, 0.25) is 0 Å². The number of rotatable bonds is 5. The van der Waals surface area contributed by atoms with E-state index < -0.39 is 6.43 Å². The van der Waals surface area contributed by atoms with Gasteiger partial charge in [0.25, 0.3) is 6.43 Å². The summed E-state index contributed by atoms with van der Waals surface area (Å²) in [5.41, 5.74) is 0. The van der Waals surface area contributed by atoms with Crippen molar-refractivity contribution >= 4 is 0 Å². The second kappa shape index (κ2) is 5.43. The normalized spacial score (nSPS) is 16.9. The number of nitrogens with one attached hydrogen (secondary N) is 1. The van der Waals surface area contributed by atoms with Gasteiger partial charge in [0.15, 0.2) is 0 Å². The van der Waals surface area contributed by atoms with Gasteiger partial charge in [0.05, 0.1) is 6.54 Å². The van der Waals surface area contributed by atoms with Gasteiger partial charge in [-0.05, 0) is 12.8 Å². The third kappa shape index (κ3) is 5.09. The van der Waals surface area contributed by atoms with Crippen molar-refractivity contribution < 1.29 is 13.9 Å². The first-order chi connectivity index (χ1) is 5.07. The largest absolute Gasteiger partial charge is 0.396 e. The highest BCUT2D eigenvalue weighted by Gasteiger charge is 2.11. The molecule has 0 heterocycles. The number of aliphatic hydroxyl groups excluding tert-OH is 1. The van der Waals surface area contributed by atoms with Crippen LogP contribution >= 0.6 is 0 Å². The Morgan fingerprint density at radius 3 is 2.27 bits per heavy atom. The summed E-state index contributed by atoms with van der Waals surface area (Å²) in [5.74, 6) is 0.0220. The SMILES string of the molecule is CC(CO)C(C)NCC(F)F. The molecule has 0 aliphatic heterocycles. The van der Waals surface area contributed by atoms with Crippen LogP contribution in [0.5, 0.6) is 0 Å². The van der Waals surface area contributed by atoms with Crippen LogP contribution in [0.4, 0.5) is 8.78 Å². The Morgan fingerprint density at radius 2 is 1.91 bits per heavy atom. The molecule has 2 atom stereocenters. The maximum absolute atomic E-state index is 11.6. The molecule has 2 nitrogen and oxygen atoms in total. The van der Waals surface area contributed by atoms with Crippen LogP contribution in [0, 0.1) is 5.92 Å². The summed E-state index contributed by atoms with van der Waals surface area (Å²) < 4.78 is 23.3. The number of hydrogen-bond donors (Lipinski definition) is 2. The zero-order chi connectivity index (χ0) is 8.85. The Bertz CT molecular complexity index is 100. The Hall–Kier alpha value is -0.220. The predicted molar refractivity (Wildman–Crippen MR) is 39.7 cm³/mol. The molecule has 0 saturated carbocycles. The lowest BCUT2D eigenvalue weighted by atomic mass is 10.1. The van der Waals surface area contributed by atoms with Crippen molar-refractivity contribution in [2.75, 3.05) is 13.2 Å². The van der Waals surface area contributed by atoms with Crippen LogP contribution in [0.25, 0.3) is 0 Å². The second-order valence-corrected chi connectivity index (χ2v) is 2.75. The summed E-state index contributed by atoms with van der Waals surface area (Å²) in [6, 6.07) is -0.0611. The van der Waals surface area contributed by atoms with Gasteiger partial charge < -0.3 is 10.4 Å². The first-order valence-electron chi connectivity index (χ1n) is 3.70. The zero-order valence-electron chi connectivity index (χ0n) is 6.85. The van der Waals surface area contributed by atoms with Crippen LogP contribution < -0.4 is 5.32 Å². The molecule has 0 aromatic rings. The first-order valence-corrected chi connectivity index (χ1v) is 3.70. The van der Waals surface area contributed by atoms with E-state index in [-0.39, 0.29) is 25.1 Å². The first kappa shape index (κ1) is 10.8. The summed E-state index contributed by atoms with van der Waals surface area (Å²) in [6.45, 7) is 3.31. The highest BCUT2D eigenvalue weighted by Crippen LogP contribution is 2.01. The van der Waals surface area contributed by atoms with Gasteiger partial charge in [-0.1, -0.05) is 6.92 Å². The van der Waals surface area contributed by atoms with Crippen molar-refractivity contribution in [1.29, 1.82) is 0 Å². The Kier molecular flexibility index (Phi) is 5.32. The Labute approximate surface area is 65.6 Å². The molecule has 0 radical (unpaired) electrons. The van der Waals surface area contributed by atoms with Gasteiger partial charge in [0.1, 0.15) is 0 Å². The molecule has 0 fully saturated rings. The predicted octanol–water partition coefficient (Wildman–Crippen LogP) is 0.858. The van der Waals surface area contributed by atoms with Gasteiger partial charge in [-0.2, -0.15) is 0 Å². The summed E-state index contributed by atoms with van der Waals surface area (Å²) >= 11 is 0. The smallest absolute Gasteiger partial charge is 0.250 e. The third-order valence-corrected chi connectivity index (χ3v) is 1.74. The van der Waals surface area contributed by atoms with E-state index in [4.69, 9.17) is 5.11 Å². The molecule has 0 aromatic carbocycles. The third-order valence-electron chi connectivity index (χ3n) is 1.74. The summed E-state index contributed by atoms with van der Waals surface area (Å²) in [5, 5.41) is 11.3. The van der Waals surface area contributed by atoms with Crippen LogP contribution in [0.3, 0.4) is 0 Å². The number of alkyl halides is 2. The molecule has 2 N–H and O–H groups in total. The molecule has 0 rings (SSSR count).